The van der Waals surface area contributed by atoms with Gasteiger partial charge in [-0.15, -0.1) is 0 Å². The minimum absolute atomic E-state index is 0.553. The van der Waals surface area contributed by atoms with Crippen LogP contribution >= 0.6 is 0 Å². The third-order valence-electron chi connectivity index (χ3n) is 8.56. The van der Waals surface area contributed by atoms with Crippen LogP contribution in [0.25, 0.3) is 28.0 Å². The van der Waals surface area contributed by atoms with Crippen molar-refractivity contribution in [3.63, 3.8) is 0 Å². The highest BCUT2D eigenvalue weighted by Crippen LogP contribution is 2.58. The van der Waals surface area contributed by atoms with E-state index in [1.54, 1.807) is 14.2 Å². The zero-order valence-electron chi connectivity index (χ0n) is 22.8. The van der Waals surface area contributed by atoms with Crippen molar-refractivity contribution in [2.45, 2.75) is 24.5 Å². The van der Waals surface area contributed by atoms with Crippen LogP contribution in [0.1, 0.15) is 41.2 Å². The average Bonchev–Trinajstić information content (AvgIpc) is 3.30. The van der Waals surface area contributed by atoms with Gasteiger partial charge < -0.3 is 19.3 Å². The summed E-state index contributed by atoms with van der Waals surface area (Å²) >= 11 is 0. The predicted octanol–water partition coefficient (Wildman–Crippen LogP) is 7.83. The van der Waals surface area contributed by atoms with Crippen molar-refractivity contribution in [3.8, 4) is 28.4 Å². The second-order valence-electron chi connectivity index (χ2n) is 10.4. The Kier molecular flexibility index (Phi) is 5.51. The van der Waals surface area contributed by atoms with E-state index in [9.17, 15) is 5.11 Å². The second kappa shape index (κ2) is 9.00. The number of aliphatic hydroxyl groups is 1. The summed E-state index contributed by atoms with van der Waals surface area (Å²) in [4.78, 5) is 0. The minimum atomic E-state index is -1.12. The van der Waals surface area contributed by atoms with Crippen LogP contribution in [0.4, 0.5) is 0 Å². The van der Waals surface area contributed by atoms with Crippen LogP contribution in [-0.4, -0.2) is 19.3 Å². The van der Waals surface area contributed by atoms with Crippen LogP contribution < -0.4 is 14.2 Å². The van der Waals surface area contributed by atoms with Gasteiger partial charge in [0.15, 0.2) is 5.60 Å². The van der Waals surface area contributed by atoms with E-state index >= 15 is 0 Å². The maximum absolute atomic E-state index is 12.3. The van der Waals surface area contributed by atoms with Crippen LogP contribution in [0.2, 0.25) is 0 Å². The lowest BCUT2D eigenvalue weighted by molar-refractivity contribution is 0.0801. The van der Waals surface area contributed by atoms with Gasteiger partial charge in [0.1, 0.15) is 22.8 Å². The Hall–Kier alpha value is -4.54. The first-order valence-electron chi connectivity index (χ1n) is 13.6. The Bertz CT molecular complexity index is 1740. The van der Waals surface area contributed by atoms with E-state index in [0.29, 0.717) is 6.42 Å². The maximum atomic E-state index is 12.3. The molecular formula is C36H30O4. The van der Waals surface area contributed by atoms with Gasteiger partial charge in [-0.05, 0) is 58.8 Å². The summed E-state index contributed by atoms with van der Waals surface area (Å²) in [5.74, 6) is 2.33. The molecule has 4 heteroatoms. The zero-order chi connectivity index (χ0) is 27.5. The largest absolute Gasteiger partial charge is 0.497 e. The SMILES string of the molecule is CCC1(O)c2ccccc2-c2c1c1c(c3ccccc23)OC(c2ccc(OC)cc2)(c2ccc(OC)cc2)C=C1. The topological polar surface area (TPSA) is 47.9 Å². The molecule has 1 atom stereocenters. The Morgan fingerprint density at radius 1 is 0.725 bits per heavy atom. The summed E-state index contributed by atoms with van der Waals surface area (Å²) in [5, 5.41) is 14.4. The highest BCUT2D eigenvalue weighted by molar-refractivity contribution is 6.08. The Morgan fingerprint density at radius 3 is 1.90 bits per heavy atom. The van der Waals surface area contributed by atoms with Gasteiger partial charge in [0.25, 0.3) is 0 Å². The van der Waals surface area contributed by atoms with Crippen LogP contribution in [0.5, 0.6) is 17.2 Å². The molecule has 1 aliphatic carbocycles. The molecule has 0 fully saturated rings. The molecule has 5 aromatic carbocycles. The summed E-state index contributed by atoms with van der Waals surface area (Å²) < 4.78 is 18.1. The van der Waals surface area contributed by atoms with Gasteiger partial charge in [0.05, 0.1) is 14.2 Å². The van der Waals surface area contributed by atoms with Crippen molar-refractivity contribution in [2.24, 2.45) is 0 Å². The van der Waals surface area contributed by atoms with Crippen molar-refractivity contribution in [3.05, 3.63) is 131 Å². The number of rotatable bonds is 5. The van der Waals surface area contributed by atoms with Crippen LogP contribution in [-0.2, 0) is 11.2 Å². The first kappa shape index (κ1) is 24.5. The highest BCUT2D eigenvalue weighted by atomic mass is 16.5. The average molecular weight is 527 g/mol. The monoisotopic (exact) mass is 526 g/mol. The summed E-state index contributed by atoms with van der Waals surface area (Å²) in [6.45, 7) is 2.04. The Morgan fingerprint density at radius 2 is 1.30 bits per heavy atom. The molecule has 1 unspecified atom stereocenters. The molecule has 0 aromatic heterocycles. The summed E-state index contributed by atoms with van der Waals surface area (Å²) in [5.41, 5.74) is 4.87. The van der Waals surface area contributed by atoms with Crippen molar-refractivity contribution in [1.82, 2.24) is 0 Å². The van der Waals surface area contributed by atoms with E-state index in [0.717, 1.165) is 67.0 Å². The first-order valence-corrected chi connectivity index (χ1v) is 13.6. The fraction of sp³-hybridized carbons (Fsp3) is 0.167. The van der Waals surface area contributed by atoms with Gasteiger partial charge in [-0.3, -0.25) is 0 Å². The normalized spacial score (nSPS) is 18.0. The van der Waals surface area contributed by atoms with Crippen molar-refractivity contribution in [1.29, 1.82) is 0 Å². The number of ether oxygens (including phenoxy) is 3. The van der Waals surface area contributed by atoms with Crippen LogP contribution in [0.3, 0.4) is 0 Å². The molecule has 0 saturated heterocycles. The van der Waals surface area contributed by atoms with E-state index < -0.39 is 11.2 Å². The van der Waals surface area contributed by atoms with Gasteiger partial charge >= 0.3 is 0 Å². The fourth-order valence-corrected chi connectivity index (χ4v) is 6.52. The Labute approximate surface area is 234 Å². The molecule has 198 valence electrons. The molecule has 0 spiro atoms. The summed E-state index contributed by atoms with van der Waals surface area (Å²) in [6, 6.07) is 32.6. The van der Waals surface area contributed by atoms with Crippen molar-refractivity contribution in [2.75, 3.05) is 14.2 Å². The molecule has 5 aromatic rings. The highest BCUT2D eigenvalue weighted by Gasteiger charge is 2.46. The lowest BCUT2D eigenvalue weighted by atomic mass is 9.79. The van der Waals surface area contributed by atoms with E-state index in [2.05, 4.69) is 36.4 Å². The van der Waals surface area contributed by atoms with Gasteiger partial charge in [0, 0.05) is 27.6 Å². The smallest absolute Gasteiger partial charge is 0.178 e. The second-order valence-corrected chi connectivity index (χ2v) is 10.4. The fourth-order valence-electron chi connectivity index (χ4n) is 6.52. The summed E-state index contributed by atoms with van der Waals surface area (Å²) in [7, 11) is 3.34. The molecule has 0 amide bonds. The van der Waals surface area contributed by atoms with Crippen molar-refractivity contribution < 1.29 is 19.3 Å². The van der Waals surface area contributed by atoms with E-state index in [1.807, 2.05) is 79.7 Å². The molecule has 7 rings (SSSR count). The molecule has 1 N–H and O–H groups in total. The predicted molar refractivity (Wildman–Crippen MR) is 159 cm³/mol. The molecule has 1 heterocycles. The van der Waals surface area contributed by atoms with Gasteiger partial charge in [-0.25, -0.2) is 0 Å². The molecular weight excluding hydrogens is 496 g/mol. The van der Waals surface area contributed by atoms with Crippen LogP contribution in [0, 0.1) is 0 Å². The van der Waals surface area contributed by atoms with Gasteiger partial charge in [-0.1, -0.05) is 85.8 Å². The molecule has 40 heavy (non-hydrogen) atoms. The standard InChI is InChI=1S/C36H30O4/c1-4-35(37)31-12-8-7-11-29(31)32-27-9-5-6-10-28(27)34-30(33(32)35)21-22-36(40-34,23-13-17-25(38-2)18-14-23)24-15-19-26(39-3)20-16-24/h5-22,37H,4H2,1-3H3. The number of benzene rings is 5. The number of hydrogen-bond donors (Lipinski definition) is 1. The lowest BCUT2D eigenvalue weighted by Gasteiger charge is -2.38. The molecule has 0 radical (unpaired) electrons. The van der Waals surface area contributed by atoms with E-state index in [-0.39, 0.29) is 0 Å². The molecule has 0 saturated carbocycles. The van der Waals surface area contributed by atoms with Gasteiger partial charge in [-0.2, -0.15) is 0 Å². The maximum Gasteiger partial charge on any atom is 0.178 e. The lowest BCUT2D eigenvalue weighted by Crippen LogP contribution is -2.35. The molecule has 0 bridgehead atoms. The summed E-state index contributed by atoms with van der Waals surface area (Å²) in [6.07, 6.45) is 4.82. The van der Waals surface area contributed by atoms with E-state index in [1.165, 1.54) is 0 Å². The third kappa shape index (κ3) is 3.29. The van der Waals surface area contributed by atoms with E-state index in [4.69, 9.17) is 14.2 Å². The molecule has 4 nitrogen and oxygen atoms in total. The minimum Gasteiger partial charge on any atom is -0.497 e. The van der Waals surface area contributed by atoms with Gasteiger partial charge in [0.2, 0.25) is 0 Å². The van der Waals surface area contributed by atoms with Crippen molar-refractivity contribution >= 4 is 16.8 Å². The third-order valence-corrected chi connectivity index (χ3v) is 8.56. The number of methoxy groups -OCH3 is 2. The zero-order valence-corrected chi connectivity index (χ0v) is 22.8. The Balaban J connectivity index is 1.53. The quantitative estimate of drug-likeness (QED) is 0.254. The van der Waals surface area contributed by atoms with Crippen LogP contribution in [0.15, 0.2) is 103 Å². The molecule has 1 aliphatic heterocycles. The number of fused-ring (bicyclic) bond motifs is 8. The molecule has 2 aliphatic rings. The number of hydrogen-bond acceptors (Lipinski definition) is 4. The first-order chi connectivity index (χ1) is 19.5.